The van der Waals surface area contributed by atoms with Crippen LogP contribution in [0.4, 0.5) is 13.2 Å². The van der Waals surface area contributed by atoms with Gasteiger partial charge >= 0.3 is 16.6 Å². The molecule has 0 aromatic rings. The third kappa shape index (κ3) is 2.13. The van der Waals surface area contributed by atoms with Crippen molar-refractivity contribution < 1.29 is 34.7 Å². The first-order valence-corrected chi connectivity index (χ1v) is 4.43. The van der Waals surface area contributed by atoms with Gasteiger partial charge < -0.3 is 5.73 Å². The largest absolute Gasteiger partial charge is 0.406 e. The van der Waals surface area contributed by atoms with E-state index in [1.165, 1.54) is 0 Å². The molecule has 82 valence electrons. The molecule has 1 rings (SSSR count). The molecule has 6 nitrogen and oxygen atoms in total. The lowest BCUT2D eigenvalue weighted by Crippen LogP contribution is -2.60. The first-order chi connectivity index (χ1) is 6.06. The predicted molar refractivity (Wildman–Crippen MR) is 33.7 cm³/mol. The number of carbonyl (C=O) groups is 1. The molecule has 0 unspecified atom stereocenters. The number of hydrogen-bond acceptors (Lipinski definition) is 5. The van der Waals surface area contributed by atoms with E-state index in [1.807, 2.05) is 0 Å². The molecule has 0 saturated carbocycles. The van der Waals surface area contributed by atoms with Crippen molar-refractivity contribution in [2.24, 2.45) is 5.73 Å². The van der Waals surface area contributed by atoms with E-state index in [0.717, 1.165) is 0 Å². The maximum Gasteiger partial charge on any atom is 0.406 e. The molecule has 0 bridgehead atoms. The Kier molecular flexibility index (Phi) is 2.25. The molecule has 1 aliphatic heterocycles. The van der Waals surface area contributed by atoms with E-state index >= 15 is 0 Å². The van der Waals surface area contributed by atoms with Crippen molar-refractivity contribution >= 4 is 16.3 Å². The molecule has 0 radical (unpaired) electrons. The topological polar surface area (TPSA) is 95.7 Å². The molecule has 1 saturated heterocycles. The number of halogens is 3. The lowest BCUT2D eigenvalue weighted by molar-refractivity contribution is -0.247. The number of alkyl halides is 3. The highest BCUT2D eigenvalue weighted by Gasteiger charge is 2.62. The normalized spacial score (nSPS) is 23.9. The molecule has 0 aliphatic carbocycles. The van der Waals surface area contributed by atoms with E-state index in [2.05, 4.69) is 14.1 Å². The van der Waals surface area contributed by atoms with Crippen molar-refractivity contribution in [2.45, 2.75) is 18.4 Å². The summed E-state index contributed by atoms with van der Waals surface area (Å²) < 4.78 is 63.4. The van der Waals surface area contributed by atoms with E-state index in [4.69, 9.17) is 0 Å². The first kappa shape index (κ1) is 11.2. The van der Waals surface area contributed by atoms with Crippen molar-refractivity contribution in [1.29, 1.82) is 0 Å². The number of nitrogens with two attached hydrogens (primary N) is 1. The maximum atomic E-state index is 11.8. The lowest BCUT2D eigenvalue weighted by atomic mass is 10.2. The van der Waals surface area contributed by atoms with E-state index in [1.54, 1.807) is 0 Å². The van der Waals surface area contributed by atoms with Crippen LogP contribution in [0.2, 0.25) is 0 Å². The first-order valence-electron chi connectivity index (χ1n) is 3.09. The Bertz CT molecular complexity index is 348. The van der Waals surface area contributed by atoms with Gasteiger partial charge in [0.05, 0.1) is 0 Å². The molecular weight excluding hydrogens is 231 g/mol. The zero-order chi connectivity index (χ0) is 11.2. The Hall–Kier alpha value is -0.870. The van der Waals surface area contributed by atoms with E-state index in [0.29, 0.717) is 0 Å². The van der Waals surface area contributed by atoms with Crippen molar-refractivity contribution in [3.63, 3.8) is 0 Å². The third-order valence-corrected chi connectivity index (χ3v) is 2.23. The molecule has 0 spiro atoms. The van der Waals surface area contributed by atoms with Gasteiger partial charge in [-0.15, -0.1) is 0 Å². The Morgan fingerprint density at radius 2 is 1.79 bits per heavy atom. The number of primary amides is 1. The monoisotopic (exact) mass is 235 g/mol. The van der Waals surface area contributed by atoms with Crippen LogP contribution in [0.3, 0.4) is 0 Å². The summed E-state index contributed by atoms with van der Waals surface area (Å²) in [4.78, 5) is 10.5. The molecule has 1 heterocycles. The fraction of sp³-hybridized carbons (Fsp3) is 0.750. The number of rotatable bonds is 2. The summed E-state index contributed by atoms with van der Waals surface area (Å²) in [7, 11) is -4.51. The van der Waals surface area contributed by atoms with Gasteiger partial charge in [-0.2, -0.15) is 21.6 Å². The fourth-order valence-corrected chi connectivity index (χ4v) is 1.78. The van der Waals surface area contributed by atoms with Gasteiger partial charge in [0.2, 0.25) is 0 Å². The van der Waals surface area contributed by atoms with Gasteiger partial charge in [0.1, 0.15) is 6.42 Å². The van der Waals surface area contributed by atoms with Crippen molar-refractivity contribution in [3.05, 3.63) is 0 Å². The fourth-order valence-electron chi connectivity index (χ4n) is 0.828. The number of hydrogen-bond donors (Lipinski definition) is 1. The maximum absolute atomic E-state index is 11.8. The molecule has 0 aromatic heterocycles. The highest BCUT2D eigenvalue weighted by Crippen LogP contribution is 2.39. The smallest absolute Gasteiger partial charge is 0.365 e. The van der Waals surface area contributed by atoms with Gasteiger partial charge in [-0.05, 0) is 0 Å². The molecule has 1 aliphatic rings. The predicted octanol–water partition coefficient (Wildman–Crippen LogP) is -0.588. The second-order valence-electron chi connectivity index (χ2n) is 2.48. The summed E-state index contributed by atoms with van der Waals surface area (Å²) in [5.41, 5.74) is 4.51. The zero-order valence-corrected chi connectivity index (χ0v) is 7.18. The van der Waals surface area contributed by atoms with Gasteiger partial charge in [0, 0.05) is 0 Å². The highest BCUT2D eigenvalue weighted by atomic mass is 32.3. The van der Waals surface area contributed by atoms with Gasteiger partial charge in [-0.25, -0.2) is 8.37 Å². The molecule has 10 heteroatoms. The Morgan fingerprint density at radius 3 is 2.00 bits per heavy atom. The minimum atomic E-state index is -4.83. The lowest BCUT2D eigenvalue weighted by Gasteiger charge is -2.36. The minimum Gasteiger partial charge on any atom is -0.365 e. The summed E-state index contributed by atoms with van der Waals surface area (Å²) in [5.74, 6) is -4.58. The second kappa shape index (κ2) is 2.81. The van der Waals surface area contributed by atoms with E-state index in [-0.39, 0.29) is 0 Å². The van der Waals surface area contributed by atoms with Crippen molar-refractivity contribution in [2.75, 3.05) is 0 Å². The highest BCUT2D eigenvalue weighted by molar-refractivity contribution is 7.83. The van der Waals surface area contributed by atoms with Gasteiger partial charge in [0.15, 0.2) is 0 Å². The van der Waals surface area contributed by atoms with E-state index in [9.17, 15) is 26.4 Å². The Balaban J connectivity index is 2.84. The van der Waals surface area contributed by atoms with Crippen LogP contribution in [0.5, 0.6) is 0 Å². The standard InChI is InChI=1S/C4H4F3NO5S/c5-4(6,7)1-3(2(8)9)12-14(10,11)13-3/h1H2,(H2,8,9). The average molecular weight is 235 g/mol. The summed E-state index contributed by atoms with van der Waals surface area (Å²) in [5, 5.41) is 0. The second-order valence-corrected chi connectivity index (χ2v) is 3.63. The van der Waals surface area contributed by atoms with Crippen LogP contribution in [-0.4, -0.2) is 26.3 Å². The zero-order valence-electron chi connectivity index (χ0n) is 6.37. The Morgan fingerprint density at radius 1 is 1.36 bits per heavy atom. The van der Waals surface area contributed by atoms with Crippen LogP contribution in [0.25, 0.3) is 0 Å². The average Bonchev–Trinajstić information content (AvgIpc) is 1.77. The molecule has 0 aromatic carbocycles. The molecule has 0 atom stereocenters. The molecular formula is C4H4F3NO5S. The van der Waals surface area contributed by atoms with Crippen molar-refractivity contribution in [3.8, 4) is 0 Å². The number of carbonyl (C=O) groups excluding carboxylic acids is 1. The summed E-state index contributed by atoms with van der Waals surface area (Å²) in [6.45, 7) is 0. The SMILES string of the molecule is NC(=O)C1(CC(F)(F)F)OS(=O)(=O)O1. The van der Waals surface area contributed by atoms with Crippen LogP contribution in [-0.2, 0) is 23.6 Å². The molecule has 14 heavy (non-hydrogen) atoms. The van der Waals surface area contributed by atoms with Crippen LogP contribution >= 0.6 is 0 Å². The van der Waals surface area contributed by atoms with Crippen LogP contribution < -0.4 is 5.73 Å². The third-order valence-electron chi connectivity index (χ3n) is 1.28. The molecule has 2 N–H and O–H groups in total. The minimum absolute atomic E-state index is 1.65. The summed E-state index contributed by atoms with van der Waals surface area (Å²) in [6.07, 6.45) is -6.74. The quantitative estimate of drug-likeness (QED) is 0.690. The van der Waals surface area contributed by atoms with E-state index < -0.39 is 34.7 Å². The van der Waals surface area contributed by atoms with Gasteiger partial charge in [0.25, 0.3) is 11.7 Å². The van der Waals surface area contributed by atoms with Crippen LogP contribution in [0.1, 0.15) is 6.42 Å². The Labute approximate surface area is 76.1 Å². The molecule has 1 fully saturated rings. The summed E-state index contributed by atoms with van der Waals surface area (Å²) in [6, 6.07) is 0. The van der Waals surface area contributed by atoms with Crippen LogP contribution in [0.15, 0.2) is 0 Å². The number of amides is 1. The molecule has 1 amide bonds. The van der Waals surface area contributed by atoms with Gasteiger partial charge in [-0.3, -0.25) is 4.79 Å². The van der Waals surface area contributed by atoms with Crippen LogP contribution in [0, 0.1) is 0 Å². The van der Waals surface area contributed by atoms with Crippen molar-refractivity contribution in [1.82, 2.24) is 0 Å². The van der Waals surface area contributed by atoms with Gasteiger partial charge in [-0.1, -0.05) is 0 Å². The summed E-state index contributed by atoms with van der Waals surface area (Å²) >= 11 is 0.